The molecular weight excluding hydrogens is 266 g/mol. The molecule has 1 aromatic rings. The molecule has 20 heavy (non-hydrogen) atoms. The Morgan fingerprint density at radius 1 is 1.45 bits per heavy atom. The van der Waals surface area contributed by atoms with Gasteiger partial charge in [0.1, 0.15) is 5.01 Å². The van der Waals surface area contributed by atoms with Crippen molar-refractivity contribution in [1.29, 1.82) is 0 Å². The van der Waals surface area contributed by atoms with Crippen LogP contribution in [0.5, 0.6) is 0 Å². The SMILES string of the molecule is CCCC1CN(Cc2nc(C(C)(C)C)cs2)C(C)CN1. The Morgan fingerprint density at radius 2 is 2.20 bits per heavy atom. The molecule has 1 saturated heterocycles. The predicted octanol–water partition coefficient (Wildman–Crippen LogP) is 3.40. The summed E-state index contributed by atoms with van der Waals surface area (Å²) in [5.41, 5.74) is 1.39. The molecule has 0 aliphatic carbocycles. The summed E-state index contributed by atoms with van der Waals surface area (Å²) in [5.74, 6) is 0. The average molecular weight is 295 g/mol. The number of hydrogen-bond acceptors (Lipinski definition) is 4. The third-order valence-corrected chi connectivity index (χ3v) is 4.91. The Balaban J connectivity index is 1.99. The zero-order valence-corrected chi connectivity index (χ0v) is 14.4. The van der Waals surface area contributed by atoms with Gasteiger partial charge in [0, 0.05) is 36.0 Å². The minimum atomic E-state index is 0.161. The van der Waals surface area contributed by atoms with Crippen molar-refractivity contribution in [1.82, 2.24) is 15.2 Å². The summed E-state index contributed by atoms with van der Waals surface area (Å²) in [6.07, 6.45) is 2.53. The van der Waals surface area contributed by atoms with E-state index in [1.54, 1.807) is 0 Å². The molecule has 0 spiro atoms. The lowest BCUT2D eigenvalue weighted by atomic mass is 9.93. The third kappa shape index (κ3) is 4.03. The highest BCUT2D eigenvalue weighted by atomic mass is 32.1. The Kier molecular flexibility index (Phi) is 5.21. The lowest BCUT2D eigenvalue weighted by Gasteiger charge is -2.38. The Morgan fingerprint density at radius 3 is 2.80 bits per heavy atom. The van der Waals surface area contributed by atoms with Gasteiger partial charge in [-0.25, -0.2) is 4.98 Å². The first-order chi connectivity index (χ1) is 9.40. The van der Waals surface area contributed by atoms with E-state index < -0.39 is 0 Å². The van der Waals surface area contributed by atoms with Gasteiger partial charge < -0.3 is 5.32 Å². The van der Waals surface area contributed by atoms with Crippen molar-refractivity contribution < 1.29 is 0 Å². The normalized spacial score (nSPS) is 25.1. The molecule has 1 N–H and O–H groups in total. The van der Waals surface area contributed by atoms with Gasteiger partial charge in [-0.3, -0.25) is 4.90 Å². The third-order valence-electron chi connectivity index (χ3n) is 4.08. The largest absolute Gasteiger partial charge is 0.311 e. The highest BCUT2D eigenvalue weighted by Gasteiger charge is 2.25. The molecule has 4 heteroatoms. The molecule has 2 unspecified atom stereocenters. The number of piperazine rings is 1. The van der Waals surface area contributed by atoms with E-state index in [0.717, 1.165) is 19.6 Å². The van der Waals surface area contributed by atoms with Crippen LogP contribution in [0.25, 0.3) is 0 Å². The second kappa shape index (κ2) is 6.54. The maximum Gasteiger partial charge on any atom is 0.107 e. The summed E-state index contributed by atoms with van der Waals surface area (Å²) >= 11 is 1.81. The maximum absolute atomic E-state index is 4.84. The van der Waals surface area contributed by atoms with Gasteiger partial charge in [-0.05, 0) is 13.3 Å². The van der Waals surface area contributed by atoms with Crippen LogP contribution in [-0.4, -0.2) is 35.1 Å². The molecule has 114 valence electrons. The fraction of sp³-hybridized carbons (Fsp3) is 0.812. The van der Waals surface area contributed by atoms with Gasteiger partial charge >= 0.3 is 0 Å². The van der Waals surface area contributed by atoms with Gasteiger partial charge in [-0.2, -0.15) is 0 Å². The number of nitrogens with zero attached hydrogens (tertiary/aromatic N) is 2. The van der Waals surface area contributed by atoms with E-state index >= 15 is 0 Å². The van der Waals surface area contributed by atoms with Crippen LogP contribution in [-0.2, 0) is 12.0 Å². The molecule has 2 heterocycles. The van der Waals surface area contributed by atoms with Gasteiger partial charge in [-0.15, -0.1) is 11.3 Å². The quantitative estimate of drug-likeness (QED) is 0.923. The van der Waals surface area contributed by atoms with Crippen LogP contribution >= 0.6 is 11.3 Å². The van der Waals surface area contributed by atoms with Crippen molar-refractivity contribution >= 4 is 11.3 Å². The molecular formula is C16H29N3S. The van der Waals surface area contributed by atoms with Gasteiger partial charge in [0.15, 0.2) is 0 Å². The van der Waals surface area contributed by atoms with Gasteiger partial charge in [0.2, 0.25) is 0 Å². The zero-order valence-electron chi connectivity index (χ0n) is 13.6. The molecule has 0 saturated carbocycles. The molecule has 1 aliphatic heterocycles. The summed E-state index contributed by atoms with van der Waals surface area (Å²) in [4.78, 5) is 7.42. The van der Waals surface area contributed by atoms with Crippen molar-refractivity contribution in [2.45, 2.75) is 71.5 Å². The fourth-order valence-electron chi connectivity index (χ4n) is 2.66. The van der Waals surface area contributed by atoms with Crippen LogP contribution in [0.1, 0.15) is 58.2 Å². The predicted molar refractivity (Wildman–Crippen MR) is 87.4 cm³/mol. The number of thiazole rings is 1. The van der Waals surface area contributed by atoms with Crippen LogP contribution in [0.2, 0.25) is 0 Å². The topological polar surface area (TPSA) is 28.2 Å². The number of hydrogen-bond donors (Lipinski definition) is 1. The van der Waals surface area contributed by atoms with Crippen molar-refractivity contribution in [2.24, 2.45) is 0 Å². The second-order valence-corrected chi connectivity index (χ2v) is 7.99. The molecule has 1 aliphatic rings. The van der Waals surface area contributed by atoms with Crippen molar-refractivity contribution in [3.8, 4) is 0 Å². The molecule has 2 rings (SSSR count). The van der Waals surface area contributed by atoms with E-state index in [1.165, 1.54) is 23.5 Å². The van der Waals surface area contributed by atoms with Crippen LogP contribution < -0.4 is 5.32 Å². The van der Waals surface area contributed by atoms with Gasteiger partial charge in [-0.1, -0.05) is 34.1 Å². The van der Waals surface area contributed by atoms with Crippen LogP contribution in [0.4, 0.5) is 0 Å². The minimum absolute atomic E-state index is 0.161. The van der Waals surface area contributed by atoms with Crippen molar-refractivity contribution in [3.63, 3.8) is 0 Å². The first-order valence-corrected chi connectivity index (χ1v) is 8.70. The highest BCUT2D eigenvalue weighted by Crippen LogP contribution is 2.25. The fourth-order valence-corrected chi connectivity index (χ4v) is 3.70. The highest BCUT2D eigenvalue weighted by molar-refractivity contribution is 7.09. The monoisotopic (exact) mass is 295 g/mol. The van der Waals surface area contributed by atoms with E-state index in [9.17, 15) is 0 Å². The van der Waals surface area contributed by atoms with Crippen molar-refractivity contribution in [2.75, 3.05) is 13.1 Å². The Hall–Kier alpha value is -0.450. The molecule has 1 aromatic heterocycles. The second-order valence-electron chi connectivity index (χ2n) is 7.05. The molecule has 1 fully saturated rings. The summed E-state index contributed by atoms with van der Waals surface area (Å²) < 4.78 is 0. The molecule has 0 aromatic carbocycles. The van der Waals surface area contributed by atoms with E-state index in [2.05, 4.69) is 50.2 Å². The van der Waals surface area contributed by atoms with E-state index in [1.807, 2.05) is 11.3 Å². The first-order valence-electron chi connectivity index (χ1n) is 7.82. The molecule has 3 nitrogen and oxygen atoms in total. The Labute approximate surface area is 127 Å². The maximum atomic E-state index is 4.84. The van der Waals surface area contributed by atoms with E-state index in [-0.39, 0.29) is 5.41 Å². The van der Waals surface area contributed by atoms with Crippen LogP contribution in [0.15, 0.2) is 5.38 Å². The van der Waals surface area contributed by atoms with Crippen LogP contribution in [0, 0.1) is 0 Å². The summed E-state index contributed by atoms with van der Waals surface area (Å²) in [6, 6.07) is 1.25. The van der Waals surface area contributed by atoms with Crippen molar-refractivity contribution in [3.05, 3.63) is 16.1 Å². The standard InChI is InChI=1S/C16H29N3S/c1-6-7-13-9-19(12(2)8-17-13)10-15-18-14(11-20-15)16(3,4)5/h11-13,17H,6-10H2,1-5H3. The number of aromatic nitrogens is 1. The number of nitrogens with one attached hydrogen (secondary N) is 1. The molecule has 0 bridgehead atoms. The van der Waals surface area contributed by atoms with E-state index in [4.69, 9.17) is 4.98 Å². The molecule has 0 amide bonds. The summed E-state index contributed by atoms with van der Waals surface area (Å²) in [7, 11) is 0. The molecule has 2 atom stereocenters. The smallest absolute Gasteiger partial charge is 0.107 e. The van der Waals surface area contributed by atoms with Gasteiger partial charge in [0.05, 0.1) is 12.2 Å². The first kappa shape index (κ1) is 15.9. The average Bonchev–Trinajstić information content (AvgIpc) is 2.82. The van der Waals surface area contributed by atoms with Crippen LogP contribution in [0.3, 0.4) is 0 Å². The minimum Gasteiger partial charge on any atom is -0.311 e. The lowest BCUT2D eigenvalue weighted by Crippen LogP contribution is -2.54. The van der Waals surface area contributed by atoms with E-state index in [0.29, 0.717) is 12.1 Å². The summed E-state index contributed by atoms with van der Waals surface area (Å²) in [5, 5.41) is 7.15. The zero-order chi connectivity index (χ0) is 14.8. The lowest BCUT2D eigenvalue weighted by molar-refractivity contribution is 0.129. The summed E-state index contributed by atoms with van der Waals surface area (Å²) in [6.45, 7) is 14.5. The molecule has 0 radical (unpaired) electrons. The number of rotatable bonds is 4. The Bertz CT molecular complexity index is 422. The van der Waals surface area contributed by atoms with Gasteiger partial charge in [0.25, 0.3) is 0 Å².